The van der Waals surface area contributed by atoms with Crippen molar-refractivity contribution in [2.24, 2.45) is 0 Å². The van der Waals surface area contributed by atoms with Crippen LogP contribution in [0.3, 0.4) is 0 Å². The molecule has 1 aromatic carbocycles. The Morgan fingerprint density at radius 1 is 1.20 bits per heavy atom. The third kappa shape index (κ3) is 5.18. The Balaban J connectivity index is 2.77. The molecule has 112 valence electrons. The molecule has 7 heteroatoms. The Kier molecular flexibility index (Phi) is 6.47. The zero-order valence-corrected chi connectivity index (χ0v) is 12.6. The highest BCUT2D eigenvalue weighted by Gasteiger charge is 2.14. The summed E-state index contributed by atoms with van der Waals surface area (Å²) in [7, 11) is -1.55. The molecular formula is C13H21N3O3S. The number of hydrogen-bond donors (Lipinski definition) is 3. The van der Waals surface area contributed by atoms with Crippen molar-refractivity contribution >= 4 is 21.6 Å². The number of nitrogens with one attached hydrogen (secondary N) is 3. The van der Waals surface area contributed by atoms with Gasteiger partial charge in [0.05, 0.1) is 17.0 Å². The maximum Gasteiger partial charge on any atom is 0.253 e. The summed E-state index contributed by atoms with van der Waals surface area (Å²) in [6.07, 6.45) is 0.811. The number of sulfonamides is 1. The minimum absolute atomic E-state index is 0.0366. The normalized spacial score (nSPS) is 11.1. The summed E-state index contributed by atoms with van der Waals surface area (Å²) >= 11 is 0. The monoisotopic (exact) mass is 299 g/mol. The smallest absolute Gasteiger partial charge is 0.253 e. The molecule has 1 amide bonds. The number of para-hydroxylation sites is 1. The van der Waals surface area contributed by atoms with Gasteiger partial charge in [0, 0.05) is 6.54 Å². The molecule has 0 heterocycles. The van der Waals surface area contributed by atoms with Gasteiger partial charge >= 0.3 is 0 Å². The average molecular weight is 299 g/mol. The topological polar surface area (TPSA) is 87.3 Å². The molecule has 0 unspecified atom stereocenters. The summed E-state index contributed by atoms with van der Waals surface area (Å²) in [4.78, 5) is 12.0. The van der Waals surface area contributed by atoms with Gasteiger partial charge in [-0.2, -0.15) is 0 Å². The zero-order chi connectivity index (χ0) is 15.0. The molecule has 0 saturated carbocycles. The third-order valence-corrected chi connectivity index (χ3v) is 4.00. The first-order valence-corrected chi connectivity index (χ1v) is 8.17. The number of rotatable bonds is 8. The second-order valence-electron chi connectivity index (χ2n) is 4.26. The predicted octanol–water partition coefficient (Wildman–Crippen LogP) is 0.788. The molecule has 0 spiro atoms. The van der Waals surface area contributed by atoms with Gasteiger partial charge in [0.25, 0.3) is 5.91 Å². The van der Waals surface area contributed by atoms with Crippen molar-refractivity contribution in [1.82, 2.24) is 10.6 Å². The van der Waals surface area contributed by atoms with Crippen LogP contribution in [0.1, 0.15) is 23.7 Å². The third-order valence-electron chi connectivity index (χ3n) is 2.71. The molecule has 1 aromatic rings. The van der Waals surface area contributed by atoms with E-state index in [-0.39, 0.29) is 11.7 Å². The van der Waals surface area contributed by atoms with Crippen LogP contribution in [-0.4, -0.2) is 40.2 Å². The molecule has 0 aliphatic heterocycles. The van der Waals surface area contributed by atoms with E-state index in [1.165, 1.54) is 0 Å². The van der Waals surface area contributed by atoms with Crippen LogP contribution in [-0.2, 0) is 10.0 Å². The highest BCUT2D eigenvalue weighted by atomic mass is 32.2. The van der Waals surface area contributed by atoms with Crippen LogP contribution in [0.4, 0.5) is 5.69 Å². The van der Waals surface area contributed by atoms with Crippen LogP contribution in [0.15, 0.2) is 24.3 Å². The lowest BCUT2D eigenvalue weighted by molar-refractivity contribution is 0.0954. The number of amides is 1. The van der Waals surface area contributed by atoms with Crippen LogP contribution in [0, 0.1) is 0 Å². The largest absolute Gasteiger partial charge is 0.352 e. The van der Waals surface area contributed by atoms with Crippen LogP contribution in [0.5, 0.6) is 0 Å². The molecule has 0 radical (unpaired) electrons. The lowest BCUT2D eigenvalue weighted by Crippen LogP contribution is -2.28. The Hall–Kier alpha value is -1.60. The van der Waals surface area contributed by atoms with Crippen molar-refractivity contribution in [3.8, 4) is 0 Å². The second-order valence-corrected chi connectivity index (χ2v) is 6.28. The molecule has 0 aliphatic rings. The number of anilines is 1. The molecule has 6 nitrogen and oxygen atoms in total. The van der Waals surface area contributed by atoms with E-state index in [0.29, 0.717) is 17.8 Å². The van der Waals surface area contributed by atoms with Gasteiger partial charge in [0.1, 0.15) is 0 Å². The molecular weight excluding hydrogens is 278 g/mol. The zero-order valence-electron chi connectivity index (χ0n) is 11.8. The van der Waals surface area contributed by atoms with Gasteiger partial charge in [-0.25, -0.2) is 8.42 Å². The van der Waals surface area contributed by atoms with Gasteiger partial charge in [-0.15, -0.1) is 0 Å². The fourth-order valence-corrected chi connectivity index (χ4v) is 2.23. The Morgan fingerprint density at radius 3 is 2.55 bits per heavy atom. The first-order valence-electron chi connectivity index (χ1n) is 6.52. The Morgan fingerprint density at radius 2 is 1.90 bits per heavy atom. The first kappa shape index (κ1) is 16.5. The van der Waals surface area contributed by atoms with E-state index in [2.05, 4.69) is 15.4 Å². The van der Waals surface area contributed by atoms with Gasteiger partial charge in [-0.05, 0) is 39.1 Å². The minimum Gasteiger partial charge on any atom is -0.352 e. The minimum atomic E-state index is -3.40. The van der Waals surface area contributed by atoms with Gasteiger partial charge in [-0.3, -0.25) is 9.52 Å². The molecule has 3 N–H and O–H groups in total. The van der Waals surface area contributed by atoms with Crippen molar-refractivity contribution in [2.75, 3.05) is 30.6 Å². The molecule has 0 bridgehead atoms. The summed E-state index contributed by atoms with van der Waals surface area (Å²) in [5, 5.41) is 5.75. The highest BCUT2D eigenvalue weighted by Crippen LogP contribution is 2.16. The van der Waals surface area contributed by atoms with E-state index < -0.39 is 10.0 Å². The SMILES string of the molecule is CCS(=O)(=O)Nc1ccccc1C(=O)NCCCNC. The highest BCUT2D eigenvalue weighted by molar-refractivity contribution is 7.92. The molecule has 0 fully saturated rings. The van der Waals surface area contributed by atoms with E-state index >= 15 is 0 Å². The van der Waals surface area contributed by atoms with Crippen LogP contribution in [0.25, 0.3) is 0 Å². The number of carbonyl (C=O) groups excluding carboxylic acids is 1. The standard InChI is InChI=1S/C13H21N3O3S/c1-3-20(18,19)16-12-8-5-4-7-11(12)13(17)15-10-6-9-14-2/h4-5,7-8,14,16H,3,6,9-10H2,1-2H3,(H,15,17). The van der Waals surface area contributed by atoms with Gasteiger partial charge in [0.2, 0.25) is 10.0 Å². The fourth-order valence-electron chi connectivity index (χ4n) is 1.57. The summed E-state index contributed by atoms with van der Waals surface area (Å²) < 4.78 is 25.6. The molecule has 20 heavy (non-hydrogen) atoms. The van der Waals surface area contributed by atoms with Crippen molar-refractivity contribution in [1.29, 1.82) is 0 Å². The number of benzene rings is 1. The van der Waals surface area contributed by atoms with Gasteiger partial charge in [-0.1, -0.05) is 12.1 Å². The summed E-state index contributed by atoms with van der Waals surface area (Å²) in [5.74, 6) is -0.319. The molecule has 0 aliphatic carbocycles. The lowest BCUT2D eigenvalue weighted by Gasteiger charge is -2.11. The van der Waals surface area contributed by atoms with Crippen molar-refractivity contribution in [3.63, 3.8) is 0 Å². The second kappa shape index (κ2) is 7.86. The maximum atomic E-state index is 12.0. The summed E-state index contributed by atoms with van der Waals surface area (Å²) in [6, 6.07) is 6.56. The van der Waals surface area contributed by atoms with E-state index in [1.807, 2.05) is 7.05 Å². The van der Waals surface area contributed by atoms with Crippen molar-refractivity contribution in [3.05, 3.63) is 29.8 Å². The average Bonchev–Trinajstić information content (AvgIpc) is 2.43. The summed E-state index contributed by atoms with van der Waals surface area (Å²) in [6.45, 7) is 2.89. The molecule has 0 saturated heterocycles. The van der Waals surface area contributed by atoms with Crippen LogP contribution in [0.2, 0.25) is 0 Å². The van der Waals surface area contributed by atoms with Crippen LogP contribution >= 0.6 is 0 Å². The first-order chi connectivity index (χ1) is 9.50. The van der Waals surface area contributed by atoms with Gasteiger partial charge in [0.15, 0.2) is 0 Å². The van der Waals surface area contributed by atoms with E-state index in [4.69, 9.17) is 0 Å². The predicted molar refractivity (Wildman–Crippen MR) is 80.4 cm³/mol. The van der Waals surface area contributed by atoms with E-state index in [1.54, 1.807) is 31.2 Å². The van der Waals surface area contributed by atoms with Crippen LogP contribution < -0.4 is 15.4 Å². The molecule has 1 rings (SSSR count). The van der Waals surface area contributed by atoms with E-state index in [9.17, 15) is 13.2 Å². The quantitative estimate of drug-likeness (QED) is 0.619. The lowest BCUT2D eigenvalue weighted by atomic mass is 10.1. The molecule has 0 atom stereocenters. The Bertz CT molecular complexity index is 544. The number of carbonyl (C=O) groups is 1. The van der Waals surface area contributed by atoms with Crippen molar-refractivity contribution < 1.29 is 13.2 Å². The maximum absolute atomic E-state index is 12.0. The number of hydrogen-bond acceptors (Lipinski definition) is 4. The van der Waals surface area contributed by atoms with Gasteiger partial charge < -0.3 is 10.6 Å². The van der Waals surface area contributed by atoms with Crippen molar-refractivity contribution in [2.45, 2.75) is 13.3 Å². The fraction of sp³-hybridized carbons (Fsp3) is 0.462. The van der Waals surface area contributed by atoms with E-state index in [0.717, 1.165) is 13.0 Å². The summed E-state index contributed by atoms with van der Waals surface area (Å²) in [5.41, 5.74) is 0.634. The molecule has 0 aromatic heterocycles. The Labute approximate surface area is 120 Å².